The molecule has 0 amide bonds. The van der Waals surface area contributed by atoms with Gasteiger partial charge in [0, 0.05) is 40.8 Å². The molecule has 2 aromatic rings. The van der Waals surface area contributed by atoms with Gasteiger partial charge in [0.2, 0.25) is 10.0 Å². The van der Waals surface area contributed by atoms with Gasteiger partial charge >= 0.3 is 0 Å². The van der Waals surface area contributed by atoms with E-state index < -0.39 is 10.0 Å². The van der Waals surface area contributed by atoms with Gasteiger partial charge in [-0.2, -0.15) is 0 Å². The van der Waals surface area contributed by atoms with Gasteiger partial charge in [0.25, 0.3) is 0 Å². The molecule has 0 spiro atoms. The fourth-order valence-electron chi connectivity index (χ4n) is 3.38. The number of aliphatic imine (C=N–C) groups is 1. The number of hydrogen-bond donors (Lipinski definition) is 1. The summed E-state index contributed by atoms with van der Waals surface area (Å²) < 4.78 is 26.4. The minimum Gasteiger partial charge on any atom is -0.352 e. The Labute approximate surface area is 196 Å². The third-order valence-corrected chi connectivity index (χ3v) is 6.95. The van der Waals surface area contributed by atoms with Gasteiger partial charge in [-0.15, -0.1) is 24.0 Å². The fourth-order valence-corrected chi connectivity index (χ4v) is 4.50. The summed E-state index contributed by atoms with van der Waals surface area (Å²) in [6.07, 6.45) is 3.17. The molecule has 0 aromatic heterocycles. The molecule has 0 saturated carbocycles. The first-order chi connectivity index (χ1) is 13.9. The lowest BCUT2D eigenvalue weighted by Crippen LogP contribution is -2.43. The van der Waals surface area contributed by atoms with Gasteiger partial charge in [0.1, 0.15) is 0 Å². The van der Waals surface area contributed by atoms with E-state index in [2.05, 4.69) is 45.6 Å². The number of sulfonamides is 1. The van der Waals surface area contributed by atoms with Crippen molar-refractivity contribution in [3.05, 3.63) is 71.8 Å². The van der Waals surface area contributed by atoms with Crippen LogP contribution in [0.1, 0.15) is 17.5 Å². The number of hydrogen-bond acceptors (Lipinski definition) is 3. The molecule has 1 N–H and O–H groups in total. The van der Waals surface area contributed by atoms with Crippen LogP contribution in [0, 0.1) is 0 Å². The zero-order valence-corrected chi connectivity index (χ0v) is 20.7. The van der Waals surface area contributed by atoms with Gasteiger partial charge in [0.05, 0.1) is 4.90 Å². The van der Waals surface area contributed by atoms with Crippen molar-refractivity contribution in [2.24, 2.45) is 4.99 Å². The van der Waals surface area contributed by atoms with Gasteiger partial charge in [0.15, 0.2) is 5.96 Å². The molecule has 0 fully saturated rings. The molecule has 30 heavy (non-hydrogen) atoms. The van der Waals surface area contributed by atoms with E-state index in [4.69, 9.17) is 0 Å². The summed E-state index contributed by atoms with van der Waals surface area (Å²) in [6, 6.07) is 17.5. The van der Waals surface area contributed by atoms with Crippen LogP contribution in [0.5, 0.6) is 0 Å². The molecule has 0 radical (unpaired) electrons. The van der Waals surface area contributed by atoms with E-state index in [0.29, 0.717) is 11.4 Å². The number of halogens is 1. The lowest BCUT2D eigenvalue weighted by molar-refractivity contribution is 0.439. The standard InChI is InChI=1S/C22H28N4O2S.HI/c1-23-22(26-15-13-19(14-16-26)18-9-5-4-6-10-18)24-17-20-11-7-8-12-21(20)29(27,28)25(2)3;/h4-13H,14-17H2,1-3H3,(H,23,24);1H. The lowest BCUT2D eigenvalue weighted by atomic mass is 10.00. The SMILES string of the molecule is CN=C(NCc1ccccc1S(=O)(=O)N(C)C)N1CC=C(c2ccccc2)CC1.I. The monoisotopic (exact) mass is 540 g/mol. The molecule has 0 bridgehead atoms. The summed E-state index contributed by atoms with van der Waals surface area (Å²) in [5.41, 5.74) is 3.33. The Hall–Kier alpha value is -1.91. The molecule has 1 heterocycles. The van der Waals surface area contributed by atoms with Crippen LogP contribution in [0.15, 0.2) is 70.6 Å². The first kappa shape index (κ1) is 24.4. The van der Waals surface area contributed by atoms with Crippen molar-refractivity contribution in [1.82, 2.24) is 14.5 Å². The van der Waals surface area contributed by atoms with Gasteiger partial charge in [-0.05, 0) is 29.2 Å². The van der Waals surface area contributed by atoms with Crippen molar-refractivity contribution >= 4 is 45.5 Å². The highest BCUT2D eigenvalue weighted by molar-refractivity contribution is 14.0. The van der Waals surface area contributed by atoms with E-state index >= 15 is 0 Å². The topological polar surface area (TPSA) is 65.0 Å². The van der Waals surface area contributed by atoms with Crippen molar-refractivity contribution in [2.45, 2.75) is 17.9 Å². The summed E-state index contributed by atoms with van der Waals surface area (Å²) in [5.74, 6) is 0.769. The van der Waals surface area contributed by atoms with Crippen LogP contribution in [0.3, 0.4) is 0 Å². The summed E-state index contributed by atoms with van der Waals surface area (Å²) in [6.45, 7) is 2.02. The normalized spacial score (nSPS) is 14.9. The molecule has 0 unspecified atom stereocenters. The number of nitrogens with one attached hydrogen (secondary N) is 1. The molecule has 1 aliphatic rings. The molecule has 0 atom stereocenters. The predicted molar refractivity (Wildman–Crippen MR) is 134 cm³/mol. The van der Waals surface area contributed by atoms with Crippen molar-refractivity contribution in [2.75, 3.05) is 34.2 Å². The second-order valence-electron chi connectivity index (χ2n) is 7.09. The first-order valence-corrected chi connectivity index (χ1v) is 11.1. The maximum Gasteiger partial charge on any atom is 0.242 e. The van der Waals surface area contributed by atoms with Crippen LogP contribution in [-0.4, -0.2) is 57.8 Å². The van der Waals surface area contributed by atoms with Crippen LogP contribution in [0.4, 0.5) is 0 Å². The zero-order chi connectivity index (χ0) is 20.9. The van der Waals surface area contributed by atoms with Crippen molar-refractivity contribution in [1.29, 1.82) is 0 Å². The van der Waals surface area contributed by atoms with Crippen molar-refractivity contribution in [3.8, 4) is 0 Å². The Balaban J connectivity index is 0.00000320. The van der Waals surface area contributed by atoms with Crippen LogP contribution < -0.4 is 5.32 Å². The van der Waals surface area contributed by atoms with Gasteiger partial charge in [-0.25, -0.2) is 12.7 Å². The van der Waals surface area contributed by atoms with E-state index in [1.807, 2.05) is 18.2 Å². The van der Waals surface area contributed by atoms with Gasteiger partial charge < -0.3 is 10.2 Å². The number of guanidine groups is 1. The Bertz CT molecular complexity index is 1000. The average Bonchev–Trinajstić information content (AvgIpc) is 2.75. The van der Waals surface area contributed by atoms with E-state index in [1.165, 1.54) is 15.4 Å². The largest absolute Gasteiger partial charge is 0.352 e. The molecule has 162 valence electrons. The molecule has 0 saturated heterocycles. The van der Waals surface area contributed by atoms with Gasteiger partial charge in [-0.1, -0.05) is 54.6 Å². The predicted octanol–water partition coefficient (Wildman–Crippen LogP) is 3.42. The maximum atomic E-state index is 12.6. The second-order valence-corrected chi connectivity index (χ2v) is 9.21. The first-order valence-electron chi connectivity index (χ1n) is 9.64. The molecule has 3 rings (SSSR count). The number of nitrogens with zero attached hydrogens (tertiary/aromatic N) is 3. The Morgan fingerprint density at radius 2 is 1.77 bits per heavy atom. The van der Waals surface area contributed by atoms with Crippen LogP contribution in [0.25, 0.3) is 5.57 Å². The van der Waals surface area contributed by atoms with E-state index in [1.54, 1.807) is 33.3 Å². The molecular formula is C22H29IN4O2S. The molecule has 2 aromatic carbocycles. The molecule has 1 aliphatic heterocycles. The minimum absolute atomic E-state index is 0. The Morgan fingerprint density at radius 1 is 1.10 bits per heavy atom. The number of rotatable bonds is 5. The highest BCUT2D eigenvalue weighted by Crippen LogP contribution is 2.22. The van der Waals surface area contributed by atoms with Crippen LogP contribution in [-0.2, 0) is 16.6 Å². The lowest BCUT2D eigenvalue weighted by Gasteiger charge is -2.30. The summed E-state index contributed by atoms with van der Waals surface area (Å²) in [7, 11) is 1.35. The minimum atomic E-state index is -3.49. The fraction of sp³-hybridized carbons (Fsp3) is 0.318. The highest BCUT2D eigenvalue weighted by Gasteiger charge is 2.21. The van der Waals surface area contributed by atoms with Crippen LogP contribution >= 0.6 is 24.0 Å². The maximum absolute atomic E-state index is 12.6. The van der Waals surface area contributed by atoms with Gasteiger partial charge in [-0.3, -0.25) is 4.99 Å². The Morgan fingerprint density at radius 3 is 2.37 bits per heavy atom. The van der Waals surface area contributed by atoms with E-state index in [0.717, 1.165) is 31.0 Å². The van der Waals surface area contributed by atoms with Crippen molar-refractivity contribution < 1.29 is 8.42 Å². The van der Waals surface area contributed by atoms with E-state index in [9.17, 15) is 8.42 Å². The molecule has 8 heteroatoms. The van der Waals surface area contributed by atoms with Crippen molar-refractivity contribution in [3.63, 3.8) is 0 Å². The second kappa shape index (κ2) is 10.9. The summed E-state index contributed by atoms with van der Waals surface area (Å²) in [5, 5.41) is 3.33. The third kappa shape index (κ3) is 5.61. The number of benzene rings is 2. The third-order valence-electron chi connectivity index (χ3n) is 5.03. The molecule has 6 nitrogen and oxygen atoms in total. The highest BCUT2D eigenvalue weighted by atomic mass is 127. The van der Waals surface area contributed by atoms with Crippen LogP contribution in [0.2, 0.25) is 0 Å². The average molecular weight is 540 g/mol. The molecule has 0 aliphatic carbocycles. The summed E-state index contributed by atoms with van der Waals surface area (Å²) >= 11 is 0. The van der Waals surface area contributed by atoms with E-state index in [-0.39, 0.29) is 24.0 Å². The summed E-state index contributed by atoms with van der Waals surface area (Å²) in [4.78, 5) is 6.89. The Kier molecular flexibility index (Phi) is 8.87. The molecular weight excluding hydrogens is 511 g/mol. The smallest absolute Gasteiger partial charge is 0.242 e. The zero-order valence-electron chi connectivity index (χ0n) is 17.6. The quantitative estimate of drug-likeness (QED) is 0.359.